The number of halogens is 1. The van der Waals surface area contributed by atoms with Crippen LogP contribution in [0.1, 0.15) is 18.1 Å². The molecule has 1 aromatic heterocycles. The zero-order chi connectivity index (χ0) is 13.7. The van der Waals surface area contributed by atoms with Gasteiger partial charge in [0.05, 0.1) is 0 Å². The third kappa shape index (κ3) is 4.20. The predicted molar refractivity (Wildman–Crippen MR) is 79.7 cm³/mol. The van der Waals surface area contributed by atoms with E-state index in [1.807, 2.05) is 37.5 Å². The van der Waals surface area contributed by atoms with Gasteiger partial charge in [-0.3, -0.25) is 0 Å². The van der Waals surface area contributed by atoms with Gasteiger partial charge in [-0.1, -0.05) is 24.6 Å². The van der Waals surface area contributed by atoms with E-state index in [0.717, 1.165) is 33.7 Å². The molecule has 1 aromatic carbocycles. The van der Waals surface area contributed by atoms with Gasteiger partial charge in [0.2, 0.25) is 0 Å². The van der Waals surface area contributed by atoms with Crippen molar-refractivity contribution < 1.29 is 0 Å². The minimum Gasteiger partial charge on any atom is -0.313 e. The summed E-state index contributed by atoms with van der Waals surface area (Å²) in [4.78, 5) is 9.72. The SMILES string of the molecule is CCNCc1ccc(Cl)cc1Sc1ncc(C)cn1. The van der Waals surface area contributed by atoms with E-state index in [9.17, 15) is 0 Å². The van der Waals surface area contributed by atoms with Crippen molar-refractivity contribution in [1.82, 2.24) is 15.3 Å². The van der Waals surface area contributed by atoms with Gasteiger partial charge in [0, 0.05) is 28.9 Å². The lowest BCUT2D eigenvalue weighted by molar-refractivity contribution is 0.718. The molecule has 0 unspecified atom stereocenters. The van der Waals surface area contributed by atoms with Crippen LogP contribution in [0.3, 0.4) is 0 Å². The molecule has 0 aliphatic carbocycles. The van der Waals surface area contributed by atoms with Crippen LogP contribution < -0.4 is 5.32 Å². The second-order valence-corrected chi connectivity index (χ2v) is 5.62. The predicted octanol–water partition coefficient (Wildman–Crippen LogP) is 3.70. The van der Waals surface area contributed by atoms with Crippen molar-refractivity contribution >= 4 is 23.4 Å². The topological polar surface area (TPSA) is 37.8 Å². The number of hydrogen-bond acceptors (Lipinski definition) is 4. The molecular weight excluding hydrogens is 278 g/mol. The molecule has 0 aliphatic rings. The summed E-state index contributed by atoms with van der Waals surface area (Å²) >= 11 is 7.61. The number of nitrogens with one attached hydrogen (secondary N) is 1. The Bertz CT molecular complexity index is 543. The maximum atomic E-state index is 6.07. The first-order valence-electron chi connectivity index (χ1n) is 6.14. The fourth-order valence-corrected chi connectivity index (χ4v) is 2.66. The highest BCUT2D eigenvalue weighted by atomic mass is 35.5. The molecule has 0 spiro atoms. The van der Waals surface area contributed by atoms with E-state index in [1.54, 1.807) is 11.8 Å². The van der Waals surface area contributed by atoms with E-state index in [1.165, 1.54) is 5.56 Å². The van der Waals surface area contributed by atoms with E-state index < -0.39 is 0 Å². The van der Waals surface area contributed by atoms with E-state index in [-0.39, 0.29) is 0 Å². The maximum absolute atomic E-state index is 6.07. The van der Waals surface area contributed by atoms with Crippen LogP contribution in [0.15, 0.2) is 40.6 Å². The van der Waals surface area contributed by atoms with Gasteiger partial charge >= 0.3 is 0 Å². The Morgan fingerprint density at radius 2 is 2.00 bits per heavy atom. The molecular formula is C14H16ClN3S. The molecule has 19 heavy (non-hydrogen) atoms. The molecule has 3 nitrogen and oxygen atoms in total. The number of rotatable bonds is 5. The monoisotopic (exact) mass is 293 g/mol. The van der Waals surface area contributed by atoms with E-state index in [0.29, 0.717) is 0 Å². The highest BCUT2D eigenvalue weighted by Gasteiger charge is 2.07. The smallest absolute Gasteiger partial charge is 0.192 e. The fourth-order valence-electron chi connectivity index (χ4n) is 1.56. The van der Waals surface area contributed by atoms with Crippen LogP contribution in [-0.2, 0) is 6.54 Å². The molecule has 0 atom stereocenters. The summed E-state index contributed by atoms with van der Waals surface area (Å²) in [5.74, 6) is 0. The summed E-state index contributed by atoms with van der Waals surface area (Å²) in [6.45, 7) is 5.83. The lowest BCUT2D eigenvalue weighted by Crippen LogP contribution is -2.12. The van der Waals surface area contributed by atoms with Crippen molar-refractivity contribution in [3.63, 3.8) is 0 Å². The summed E-state index contributed by atoms with van der Waals surface area (Å²) in [5.41, 5.74) is 2.27. The minimum atomic E-state index is 0.731. The molecule has 100 valence electrons. The first-order valence-corrected chi connectivity index (χ1v) is 7.34. The molecule has 0 amide bonds. The summed E-state index contributed by atoms with van der Waals surface area (Å²) in [5, 5.41) is 4.79. The summed E-state index contributed by atoms with van der Waals surface area (Å²) < 4.78 is 0. The first-order chi connectivity index (χ1) is 9.19. The van der Waals surface area contributed by atoms with Gasteiger partial charge in [-0.25, -0.2) is 9.97 Å². The highest BCUT2D eigenvalue weighted by Crippen LogP contribution is 2.30. The number of nitrogens with zero attached hydrogens (tertiary/aromatic N) is 2. The van der Waals surface area contributed by atoms with Crippen molar-refractivity contribution in [3.05, 3.63) is 46.7 Å². The highest BCUT2D eigenvalue weighted by molar-refractivity contribution is 7.99. The Balaban J connectivity index is 2.22. The average molecular weight is 294 g/mol. The summed E-state index contributed by atoms with van der Waals surface area (Å²) in [6.07, 6.45) is 3.65. The normalized spacial score (nSPS) is 10.7. The molecule has 0 bridgehead atoms. The van der Waals surface area contributed by atoms with Gasteiger partial charge in [0.25, 0.3) is 0 Å². The fraction of sp³-hybridized carbons (Fsp3) is 0.286. The Labute approximate surface area is 122 Å². The summed E-state index contributed by atoms with van der Waals surface area (Å²) in [7, 11) is 0. The Morgan fingerprint density at radius 3 is 2.68 bits per heavy atom. The Kier molecular flexibility index (Phi) is 5.19. The molecule has 0 fully saturated rings. The van der Waals surface area contributed by atoms with Gasteiger partial charge < -0.3 is 5.32 Å². The van der Waals surface area contributed by atoms with Crippen molar-refractivity contribution in [2.75, 3.05) is 6.54 Å². The molecule has 2 rings (SSSR count). The molecule has 0 saturated carbocycles. The van der Waals surface area contributed by atoms with E-state index >= 15 is 0 Å². The molecule has 0 saturated heterocycles. The van der Waals surface area contributed by atoms with Gasteiger partial charge in [-0.15, -0.1) is 0 Å². The lowest BCUT2D eigenvalue weighted by Gasteiger charge is -2.09. The second kappa shape index (κ2) is 6.89. The number of benzene rings is 1. The second-order valence-electron chi connectivity index (χ2n) is 4.18. The van der Waals surface area contributed by atoms with Crippen LogP contribution >= 0.6 is 23.4 Å². The molecule has 1 N–H and O–H groups in total. The Hall–Kier alpha value is -1.10. The van der Waals surface area contributed by atoms with Crippen molar-refractivity contribution in [1.29, 1.82) is 0 Å². The average Bonchev–Trinajstić information content (AvgIpc) is 2.40. The number of aryl methyl sites for hydroxylation is 1. The minimum absolute atomic E-state index is 0.731. The molecule has 0 radical (unpaired) electrons. The number of hydrogen-bond donors (Lipinski definition) is 1. The van der Waals surface area contributed by atoms with E-state index in [4.69, 9.17) is 11.6 Å². The first kappa shape index (κ1) is 14.3. The van der Waals surface area contributed by atoms with Crippen LogP contribution in [0, 0.1) is 6.92 Å². The summed E-state index contributed by atoms with van der Waals surface area (Å²) in [6, 6.07) is 5.91. The zero-order valence-electron chi connectivity index (χ0n) is 11.0. The standard InChI is InChI=1S/C14H16ClN3S/c1-3-16-9-11-4-5-12(15)6-13(11)19-14-17-7-10(2)8-18-14/h4-8,16H,3,9H2,1-2H3. The van der Waals surface area contributed by atoms with Gasteiger partial charge in [-0.05, 0) is 48.5 Å². The zero-order valence-corrected chi connectivity index (χ0v) is 12.6. The van der Waals surface area contributed by atoms with Gasteiger partial charge in [0.15, 0.2) is 5.16 Å². The van der Waals surface area contributed by atoms with Gasteiger partial charge in [-0.2, -0.15) is 0 Å². The van der Waals surface area contributed by atoms with Crippen molar-refractivity contribution in [3.8, 4) is 0 Å². The quantitative estimate of drug-likeness (QED) is 0.853. The van der Waals surface area contributed by atoms with Crippen LogP contribution in [0.5, 0.6) is 0 Å². The largest absolute Gasteiger partial charge is 0.313 e. The third-order valence-corrected chi connectivity index (χ3v) is 3.78. The molecule has 0 aliphatic heterocycles. The molecule has 2 aromatic rings. The molecule has 5 heteroatoms. The number of aromatic nitrogens is 2. The van der Waals surface area contributed by atoms with Crippen molar-refractivity contribution in [2.45, 2.75) is 30.4 Å². The Morgan fingerprint density at radius 1 is 1.26 bits per heavy atom. The molecule has 1 heterocycles. The maximum Gasteiger partial charge on any atom is 0.192 e. The van der Waals surface area contributed by atoms with Crippen LogP contribution in [0.25, 0.3) is 0 Å². The van der Waals surface area contributed by atoms with Gasteiger partial charge in [0.1, 0.15) is 0 Å². The van der Waals surface area contributed by atoms with Crippen LogP contribution in [0.4, 0.5) is 0 Å². The van der Waals surface area contributed by atoms with Crippen LogP contribution in [-0.4, -0.2) is 16.5 Å². The van der Waals surface area contributed by atoms with Crippen molar-refractivity contribution in [2.24, 2.45) is 0 Å². The third-order valence-electron chi connectivity index (χ3n) is 2.55. The van der Waals surface area contributed by atoms with Crippen LogP contribution in [0.2, 0.25) is 5.02 Å². The van der Waals surface area contributed by atoms with E-state index in [2.05, 4.69) is 22.2 Å². The lowest BCUT2D eigenvalue weighted by atomic mass is 10.2.